The summed E-state index contributed by atoms with van der Waals surface area (Å²) in [5, 5.41) is 10.1. The first-order valence-electron chi connectivity index (χ1n) is 6.65. The molecule has 0 aromatic heterocycles. The highest BCUT2D eigenvalue weighted by Gasteiger charge is 2.68. The zero-order valence-electron chi connectivity index (χ0n) is 10.4. The van der Waals surface area contributed by atoms with Crippen molar-refractivity contribution in [3.8, 4) is 0 Å². The van der Waals surface area contributed by atoms with Gasteiger partial charge in [-0.15, -0.1) is 0 Å². The highest BCUT2D eigenvalue weighted by molar-refractivity contribution is 5.83. The molecule has 16 heavy (non-hydrogen) atoms. The Hall–Kier alpha value is -0.370. The molecule has 0 radical (unpaired) electrons. The minimum atomic E-state index is -0.370. The number of Topliss-reactive ketones (excluding diaryl/α,β-unsaturated/α-hetero) is 1. The standard InChI is InChI=1S/C14H22O2/c1-7-4-5-8-9(15)6-10(16)12-13(11(7)8)14(12,2)3/h7-8,10-13,16H,4-6H2,1-3H3/t7-,8+,10-,11-,12-,13?/m1/s1. The summed E-state index contributed by atoms with van der Waals surface area (Å²) in [6.07, 6.45) is 2.32. The van der Waals surface area contributed by atoms with Crippen molar-refractivity contribution in [1.29, 1.82) is 0 Å². The van der Waals surface area contributed by atoms with E-state index in [0.717, 1.165) is 6.42 Å². The molecular weight excluding hydrogens is 200 g/mol. The summed E-state index contributed by atoms with van der Waals surface area (Å²) in [4.78, 5) is 12.1. The smallest absolute Gasteiger partial charge is 0.138 e. The number of aliphatic hydroxyl groups excluding tert-OH is 1. The molecule has 0 saturated heterocycles. The molecular formula is C14H22O2. The molecule has 1 unspecified atom stereocenters. The average molecular weight is 222 g/mol. The molecule has 3 fully saturated rings. The normalized spacial score (nSPS) is 54.1. The molecule has 0 amide bonds. The third kappa shape index (κ3) is 1.20. The van der Waals surface area contributed by atoms with Crippen LogP contribution in [0.3, 0.4) is 0 Å². The Labute approximate surface area is 97.4 Å². The van der Waals surface area contributed by atoms with Crippen molar-refractivity contribution in [3.05, 3.63) is 0 Å². The lowest BCUT2D eigenvalue weighted by Gasteiger charge is -2.23. The first kappa shape index (κ1) is 10.8. The zero-order valence-corrected chi connectivity index (χ0v) is 10.4. The Bertz CT molecular complexity index is 334. The molecule has 0 aromatic carbocycles. The Kier molecular flexibility index (Phi) is 2.08. The van der Waals surface area contributed by atoms with E-state index >= 15 is 0 Å². The van der Waals surface area contributed by atoms with Gasteiger partial charge in [0.25, 0.3) is 0 Å². The Morgan fingerprint density at radius 2 is 1.94 bits per heavy atom. The van der Waals surface area contributed by atoms with E-state index in [1.54, 1.807) is 0 Å². The van der Waals surface area contributed by atoms with E-state index in [-0.39, 0.29) is 17.4 Å². The van der Waals surface area contributed by atoms with Gasteiger partial charge in [-0.05, 0) is 41.9 Å². The quantitative estimate of drug-likeness (QED) is 0.682. The second kappa shape index (κ2) is 3.10. The number of fused-ring (bicyclic) bond motifs is 3. The first-order chi connectivity index (χ1) is 7.44. The number of rotatable bonds is 0. The summed E-state index contributed by atoms with van der Waals surface area (Å²) in [6.45, 7) is 6.83. The van der Waals surface area contributed by atoms with Gasteiger partial charge in [-0.25, -0.2) is 0 Å². The van der Waals surface area contributed by atoms with E-state index in [1.165, 1.54) is 6.42 Å². The maximum atomic E-state index is 12.1. The Balaban J connectivity index is 1.96. The molecule has 3 rings (SSSR count). The monoisotopic (exact) mass is 222 g/mol. The highest BCUT2D eigenvalue weighted by atomic mass is 16.3. The summed E-state index contributed by atoms with van der Waals surface area (Å²) in [6, 6.07) is 0. The van der Waals surface area contributed by atoms with Gasteiger partial charge in [0.15, 0.2) is 0 Å². The maximum Gasteiger partial charge on any atom is 0.138 e. The van der Waals surface area contributed by atoms with Crippen LogP contribution in [-0.2, 0) is 4.79 Å². The molecule has 0 bridgehead atoms. The number of hydrogen-bond acceptors (Lipinski definition) is 2. The zero-order chi connectivity index (χ0) is 11.7. The van der Waals surface area contributed by atoms with E-state index < -0.39 is 0 Å². The second-order valence-electron chi connectivity index (χ2n) is 6.85. The number of ketones is 1. The van der Waals surface area contributed by atoms with Gasteiger partial charge in [0.05, 0.1) is 6.10 Å². The average Bonchev–Trinajstić information content (AvgIpc) is 2.58. The van der Waals surface area contributed by atoms with Crippen LogP contribution in [0.4, 0.5) is 0 Å². The van der Waals surface area contributed by atoms with Crippen LogP contribution in [0.15, 0.2) is 0 Å². The van der Waals surface area contributed by atoms with Crippen LogP contribution >= 0.6 is 0 Å². The Morgan fingerprint density at radius 1 is 1.25 bits per heavy atom. The highest BCUT2D eigenvalue weighted by Crippen LogP contribution is 2.69. The maximum absolute atomic E-state index is 12.1. The third-order valence-electron chi connectivity index (χ3n) is 5.70. The molecule has 90 valence electrons. The molecule has 3 saturated carbocycles. The molecule has 1 N–H and O–H groups in total. The van der Waals surface area contributed by atoms with Crippen molar-refractivity contribution >= 4 is 5.78 Å². The molecule has 6 atom stereocenters. The van der Waals surface area contributed by atoms with Crippen molar-refractivity contribution in [2.24, 2.45) is 35.0 Å². The van der Waals surface area contributed by atoms with Crippen LogP contribution < -0.4 is 0 Å². The van der Waals surface area contributed by atoms with Crippen molar-refractivity contribution in [1.82, 2.24) is 0 Å². The van der Waals surface area contributed by atoms with Gasteiger partial charge in [-0.1, -0.05) is 20.8 Å². The van der Waals surface area contributed by atoms with Gasteiger partial charge >= 0.3 is 0 Å². The topological polar surface area (TPSA) is 37.3 Å². The van der Waals surface area contributed by atoms with Crippen LogP contribution in [0.1, 0.15) is 40.0 Å². The number of carbonyl (C=O) groups excluding carboxylic acids is 1. The van der Waals surface area contributed by atoms with Gasteiger partial charge in [0.1, 0.15) is 5.78 Å². The van der Waals surface area contributed by atoms with Crippen LogP contribution in [0.5, 0.6) is 0 Å². The number of carbonyl (C=O) groups is 1. The SMILES string of the molecule is C[C@@H]1CC[C@H]2C(=O)C[C@@H](O)[C@@H]3C([C@H]12)C3(C)C. The number of aliphatic hydroxyl groups is 1. The van der Waals surface area contributed by atoms with E-state index in [9.17, 15) is 9.90 Å². The van der Waals surface area contributed by atoms with E-state index in [4.69, 9.17) is 0 Å². The molecule has 2 heteroatoms. The van der Waals surface area contributed by atoms with Crippen LogP contribution in [-0.4, -0.2) is 17.0 Å². The largest absolute Gasteiger partial charge is 0.392 e. The Morgan fingerprint density at radius 3 is 2.62 bits per heavy atom. The third-order valence-corrected chi connectivity index (χ3v) is 5.70. The van der Waals surface area contributed by atoms with Crippen LogP contribution in [0.25, 0.3) is 0 Å². The minimum Gasteiger partial charge on any atom is -0.392 e. The summed E-state index contributed by atoms with van der Waals surface area (Å²) in [5.74, 6) is 2.81. The van der Waals surface area contributed by atoms with Gasteiger partial charge in [-0.3, -0.25) is 4.79 Å². The molecule has 3 aliphatic rings. The lowest BCUT2D eigenvalue weighted by Crippen LogP contribution is -2.25. The fraction of sp³-hybridized carbons (Fsp3) is 0.929. The van der Waals surface area contributed by atoms with E-state index in [2.05, 4.69) is 20.8 Å². The summed E-state index contributed by atoms with van der Waals surface area (Å²) < 4.78 is 0. The lowest BCUT2D eigenvalue weighted by atomic mass is 9.81. The lowest BCUT2D eigenvalue weighted by molar-refractivity contribution is -0.125. The fourth-order valence-corrected chi connectivity index (χ4v) is 4.88. The van der Waals surface area contributed by atoms with E-state index in [1.807, 2.05) is 0 Å². The minimum absolute atomic E-state index is 0.265. The predicted octanol–water partition coefficient (Wildman–Crippen LogP) is 2.25. The molecule has 2 nitrogen and oxygen atoms in total. The van der Waals surface area contributed by atoms with Crippen molar-refractivity contribution in [3.63, 3.8) is 0 Å². The molecule has 0 heterocycles. The molecule has 0 aromatic rings. The van der Waals surface area contributed by atoms with Crippen molar-refractivity contribution in [2.75, 3.05) is 0 Å². The van der Waals surface area contributed by atoms with Crippen LogP contribution in [0, 0.1) is 35.0 Å². The summed E-state index contributed by atoms with van der Waals surface area (Å²) >= 11 is 0. The van der Waals surface area contributed by atoms with Gasteiger partial charge < -0.3 is 5.11 Å². The van der Waals surface area contributed by atoms with Crippen molar-refractivity contribution in [2.45, 2.75) is 46.1 Å². The molecule has 3 aliphatic carbocycles. The van der Waals surface area contributed by atoms with Crippen molar-refractivity contribution < 1.29 is 9.90 Å². The van der Waals surface area contributed by atoms with Gasteiger partial charge in [0, 0.05) is 12.3 Å². The molecule has 0 aliphatic heterocycles. The van der Waals surface area contributed by atoms with Gasteiger partial charge in [-0.2, -0.15) is 0 Å². The molecule has 0 spiro atoms. The first-order valence-corrected chi connectivity index (χ1v) is 6.65. The van der Waals surface area contributed by atoms with E-state index in [0.29, 0.717) is 35.9 Å². The van der Waals surface area contributed by atoms with Crippen LogP contribution in [0.2, 0.25) is 0 Å². The van der Waals surface area contributed by atoms with Gasteiger partial charge in [0.2, 0.25) is 0 Å². The fourth-order valence-electron chi connectivity index (χ4n) is 4.88. The summed E-state index contributed by atoms with van der Waals surface area (Å²) in [7, 11) is 0. The predicted molar refractivity (Wildman–Crippen MR) is 61.8 cm³/mol. The second-order valence-corrected chi connectivity index (χ2v) is 6.85. The number of hydrogen-bond donors (Lipinski definition) is 1. The summed E-state index contributed by atoms with van der Waals surface area (Å²) in [5.41, 5.74) is 0.266.